The first-order valence-corrected chi connectivity index (χ1v) is 7.54. The number of amides is 1. The van der Waals surface area contributed by atoms with Gasteiger partial charge in [-0.2, -0.15) is 0 Å². The van der Waals surface area contributed by atoms with E-state index < -0.39 is 0 Å². The van der Waals surface area contributed by atoms with Gasteiger partial charge in [0.2, 0.25) is 5.91 Å². The van der Waals surface area contributed by atoms with Crippen LogP contribution in [-0.4, -0.2) is 56.0 Å². The summed E-state index contributed by atoms with van der Waals surface area (Å²) in [5.41, 5.74) is 6.92. The first-order chi connectivity index (χ1) is 9.94. The number of hydrogen-bond acceptors (Lipinski definition) is 4. The molecular formula is C15H23ClN4O. The van der Waals surface area contributed by atoms with Gasteiger partial charge in [-0.05, 0) is 51.2 Å². The van der Waals surface area contributed by atoms with Crippen molar-refractivity contribution >= 4 is 28.9 Å². The molecule has 0 aromatic heterocycles. The normalized spacial score (nSPS) is 19.1. The number of nitrogens with one attached hydrogen (secondary N) is 1. The number of nitrogens with zero attached hydrogens (tertiary/aromatic N) is 2. The smallest absolute Gasteiger partial charge is 0.238 e. The molecule has 0 saturated carbocycles. The summed E-state index contributed by atoms with van der Waals surface area (Å²) in [6.45, 7) is 3.53. The van der Waals surface area contributed by atoms with Crippen LogP contribution in [0.15, 0.2) is 18.2 Å². The number of rotatable bonds is 5. The molecule has 5 nitrogen and oxygen atoms in total. The van der Waals surface area contributed by atoms with Crippen molar-refractivity contribution in [2.24, 2.45) is 5.92 Å². The summed E-state index contributed by atoms with van der Waals surface area (Å²) in [7, 11) is 4.11. The Hall–Kier alpha value is -1.30. The average molecular weight is 311 g/mol. The minimum Gasteiger partial charge on any atom is -0.397 e. The molecule has 0 aliphatic carbocycles. The van der Waals surface area contributed by atoms with Crippen molar-refractivity contribution in [2.75, 3.05) is 51.3 Å². The van der Waals surface area contributed by atoms with Gasteiger partial charge in [0.05, 0.1) is 17.9 Å². The van der Waals surface area contributed by atoms with Crippen LogP contribution in [0.2, 0.25) is 5.02 Å². The molecule has 0 spiro atoms. The van der Waals surface area contributed by atoms with Crippen molar-refractivity contribution in [3.05, 3.63) is 23.2 Å². The van der Waals surface area contributed by atoms with E-state index >= 15 is 0 Å². The zero-order valence-corrected chi connectivity index (χ0v) is 13.4. The quantitative estimate of drug-likeness (QED) is 0.813. The lowest BCUT2D eigenvalue weighted by atomic mass is 10.1. The van der Waals surface area contributed by atoms with Crippen molar-refractivity contribution in [3.63, 3.8) is 0 Å². The van der Waals surface area contributed by atoms with Gasteiger partial charge in [-0.15, -0.1) is 0 Å². The van der Waals surface area contributed by atoms with E-state index in [-0.39, 0.29) is 5.91 Å². The maximum atomic E-state index is 12.1. The number of likely N-dealkylation sites (tertiary alicyclic amines) is 1. The van der Waals surface area contributed by atoms with Gasteiger partial charge in [-0.25, -0.2) is 0 Å². The highest BCUT2D eigenvalue weighted by atomic mass is 35.5. The number of carbonyl (C=O) groups excluding carboxylic acids is 1. The lowest BCUT2D eigenvalue weighted by Gasteiger charge is -2.20. The second-order valence-electron chi connectivity index (χ2n) is 5.89. The summed E-state index contributed by atoms with van der Waals surface area (Å²) in [5, 5.41) is 3.37. The predicted octanol–water partition coefficient (Wildman–Crippen LogP) is 1.74. The average Bonchev–Trinajstić information content (AvgIpc) is 2.79. The van der Waals surface area contributed by atoms with Crippen LogP contribution in [0.5, 0.6) is 0 Å². The summed E-state index contributed by atoms with van der Waals surface area (Å²) >= 11 is 5.91. The van der Waals surface area contributed by atoms with Gasteiger partial charge in [0.1, 0.15) is 0 Å². The Bertz CT molecular complexity index is 508. The molecule has 1 atom stereocenters. The highest BCUT2D eigenvalue weighted by Gasteiger charge is 2.21. The topological polar surface area (TPSA) is 61.6 Å². The molecule has 1 aliphatic heterocycles. The van der Waals surface area contributed by atoms with Crippen LogP contribution in [0.25, 0.3) is 0 Å². The maximum Gasteiger partial charge on any atom is 0.238 e. The maximum absolute atomic E-state index is 12.1. The van der Waals surface area contributed by atoms with E-state index in [4.69, 9.17) is 17.3 Å². The number of nitrogens with two attached hydrogens (primary N) is 1. The van der Waals surface area contributed by atoms with Crippen LogP contribution in [-0.2, 0) is 4.79 Å². The third kappa shape index (κ3) is 4.88. The van der Waals surface area contributed by atoms with E-state index in [1.807, 2.05) is 7.05 Å². The molecule has 1 aromatic rings. The molecule has 0 bridgehead atoms. The minimum atomic E-state index is -0.0715. The monoisotopic (exact) mass is 310 g/mol. The summed E-state index contributed by atoms with van der Waals surface area (Å²) < 4.78 is 0. The minimum absolute atomic E-state index is 0.0715. The third-order valence-corrected chi connectivity index (χ3v) is 4.00. The Kier molecular flexibility index (Phi) is 5.45. The van der Waals surface area contributed by atoms with Crippen molar-refractivity contribution in [1.29, 1.82) is 0 Å². The number of benzene rings is 1. The molecule has 1 aliphatic rings. The molecule has 6 heteroatoms. The third-order valence-electron chi connectivity index (χ3n) is 3.76. The van der Waals surface area contributed by atoms with Crippen LogP contribution < -0.4 is 11.1 Å². The zero-order chi connectivity index (χ0) is 15.4. The standard InChI is InChI=1S/C15H23ClN4O/c1-19-6-5-11(8-19)9-20(2)10-15(21)18-14-7-12(16)3-4-13(14)17/h3-4,7,11H,5-6,8-10,17H2,1-2H3,(H,18,21). The van der Waals surface area contributed by atoms with Gasteiger partial charge in [0.25, 0.3) is 0 Å². The van der Waals surface area contributed by atoms with Crippen LogP contribution in [0.1, 0.15) is 6.42 Å². The highest BCUT2D eigenvalue weighted by Crippen LogP contribution is 2.22. The Balaban J connectivity index is 1.82. The molecule has 1 saturated heterocycles. The lowest BCUT2D eigenvalue weighted by molar-refractivity contribution is -0.117. The lowest BCUT2D eigenvalue weighted by Crippen LogP contribution is -2.34. The van der Waals surface area contributed by atoms with Crippen molar-refractivity contribution in [3.8, 4) is 0 Å². The second-order valence-corrected chi connectivity index (χ2v) is 6.33. The van der Waals surface area contributed by atoms with E-state index in [1.165, 1.54) is 6.42 Å². The van der Waals surface area contributed by atoms with Crippen LogP contribution in [0, 0.1) is 5.92 Å². The first-order valence-electron chi connectivity index (χ1n) is 7.16. The van der Waals surface area contributed by atoms with Gasteiger partial charge in [0.15, 0.2) is 0 Å². The molecular weight excluding hydrogens is 288 g/mol. The number of anilines is 2. The summed E-state index contributed by atoms with van der Waals surface area (Å²) in [4.78, 5) is 16.4. The fourth-order valence-electron chi connectivity index (χ4n) is 2.75. The molecule has 116 valence electrons. The van der Waals surface area contributed by atoms with Crippen molar-refractivity contribution in [1.82, 2.24) is 9.80 Å². The number of carbonyl (C=O) groups is 1. The van der Waals surface area contributed by atoms with E-state index in [1.54, 1.807) is 18.2 Å². The van der Waals surface area contributed by atoms with Gasteiger partial charge in [0, 0.05) is 18.1 Å². The van der Waals surface area contributed by atoms with E-state index in [9.17, 15) is 4.79 Å². The number of likely N-dealkylation sites (N-methyl/N-ethyl adjacent to an activating group) is 1. The predicted molar refractivity (Wildman–Crippen MR) is 87.6 cm³/mol. The molecule has 2 rings (SSSR count). The van der Waals surface area contributed by atoms with Crippen LogP contribution >= 0.6 is 11.6 Å². The second kappa shape index (κ2) is 7.11. The van der Waals surface area contributed by atoms with E-state index in [0.29, 0.717) is 28.9 Å². The Morgan fingerprint density at radius 2 is 2.33 bits per heavy atom. The van der Waals surface area contributed by atoms with E-state index in [0.717, 1.165) is 19.6 Å². The SMILES string of the molecule is CN1CCC(CN(C)CC(=O)Nc2cc(Cl)ccc2N)C1. The first kappa shape index (κ1) is 16.1. The van der Waals surface area contributed by atoms with E-state index in [2.05, 4.69) is 22.2 Å². The van der Waals surface area contributed by atoms with Crippen molar-refractivity contribution in [2.45, 2.75) is 6.42 Å². The van der Waals surface area contributed by atoms with Gasteiger partial charge in [-0.3, -0.25) is 9.69 Å². The molecule has 1 fully saturated rings. The van der Waals surface area contributed by atoms with Crippen LogP contribution in [0.4, 0.5) is 11.4 Å². The van der Waals surface area contributed by atoms with Gasteiger partial charge >= 0.3 is 0 Å². The largest absolute Gasteiger partial charge is 0.397 e. The number of halogens is 1. The molecule has 21 heavy (non-hydrogen) atoms. The fraction of sp³-hybridized carbons (Fsp3) is 0.533. The van der Waals surface area contributed by atoms with Gasteiger partial charge in [-0.1, -0.05) is 11.6 Å². The molecule has 1 unspecified atom stereocenters. The van der Waals surface area contributed by atoms with Gasteiger partial charge < -0.3 is 16.0 Å². The molecule has 1 aromatic carbocycles. The number of nitrogen functional groups attached to an aromatic ring is 1. The highest BCUT2D eigenvalue weighted by molar-refractivity contribution is 6.31. The summed E-state index contributed by atoms with van der Waals surface area (Å²) in [6.07, 6.45) is 1.20. The molecule has 3 N–H and O–H groups in total. The summed E-state index contributed by atoms with van der Waals surface area (Å²) in [5.74, 6) is 0.571. The van der Waals surface area contributed by atoms with Crippen molar-refractivity contribution < 1.29 is 4.79 Å². The Labute approximate surface area is 131 Å². The summed E-state index contributed by atoms with van der Waals surface area (Å²) in [6, 6.07) is 5.06. The molecule has 1 amide bonds. The molecule has 1 heterocycles. The number of hydrogen-bond donors (Lipinski definition) is 2. The van der Waals surface area contributed by atoms with Crippen LogP contribution in [0.3, 0.4) is 0 Å². The Morgan fingerprint density at radius 3 is 3.00 bits per heavy atom. The fourth-order valence-corrected chi connectivity index (χ4v) is 2.92. The zero-order valence-electron chi connectivity index (χ0n) is 12.6. The molecule has 0 radical (unpaired) electrons. The Morgan fingerprint density at radius 1 is 1.57 bits per heavy atom.